The largest absolute Gasteiger partial charge is 0.480 e. The van der Waals surface area contributed by atoms with Crippen LogP contribution in [0.15, 0.2) is 6.20 Å². The molecule has 0 aliphatic rings. The Morgan fingerprint density at radius 2 is 2.00 bits per heavy atom. The van der Waals surface area contributed by atoms with Crippen molar-refractivity contribution in [1.29, 1.82) is 0 Å². The minimum Gasteiger partial charge on any atom is -0.480 e. The highest BCUT2D eigenvalue weighted by Crippen LogP contribution is 2.23. The molecule has 7 heteroatoms. The molecule has 0 radical (unpaired) electrons. The lowest BCUT2D eigenvalue weighted by Gasteiger charge is -2.19. The van der Waals surface area contributed by atoms with Crippen LogP contribution in [0.5, 0.6) is 11.8 Å². The molecule has 0 spiro atoms. The van der Waals surface area contributed by atoms with Crippen molar-refractivity contribution >= 4 is 0 Å². The molecule has 1 N–H and O–H groups in total. The van der Waals surface area contributed by atoms with E-state index in [1.54, 1.807) is 27.5 Å². The fourth-order valence-corrected chi connectivity index (χ4v) is 1.68. The van der Waals surface area contributed by atoms with Gasteiger partial charge in [0.15, 0.2) is 0 Å². The number of nitrogens with zero attached hydrogens (tertiary/aromatic N) is 2. The predicted octanol–water partition coefficient (Wildman–Crippen LogP) is 0.807. The van der Waals surface area contributed by atoms with E-state index < -0.39 is 0 Å². The van der Waals surface area contributed by atoms with Gasteiger partial charge in [-0.05, 0) is 6.54 Å². The molecule has 1 heterocycles. The van der Waals surface area contributed by atoms with Crippen molar-refractivity contribution in [3.8, 4) is 11.8 Å². The lowest BCUT2D eigenvalue weighted by Crippen LogP contribution is -2.27. The highest BCUT2D eigenvalue weighted by atomic mass is 16.5. The van der Waals surface area contributed by atoms with Crippen molar-refractivity contribution in [1.82, 2.24) is 15.3 Å². The second kappa shape index (κ2) is 9.46. The number of rotatable bonds is 10. The van der Waals surface area contributed by atoms with Crippen LogP contribution in [0.1, 0.15) is 18.7 Å². The van der Waals surface area contributed by atoms with Gasteiger partial charge in [-0.3, -0.25) is 0 Å². The summed E-state index contributed by atoms with van der Waals surface area (Å²) >= 11 is 0. The van der Waals surface area contributed by atoms with Gasteiger partial charge in [0.25, 0.3) is 0 Å². The van der Waals surface area contributed by atoms with Crippen molar-refractivity contribution in [2.75, 3.05) is 47.7 Å². The second-order valence-electron chi connectivity index (χ2n) is 3.98. The van der Waals surface area contributed by atoms with Crippen LogP contribution in [0.2, 0.25) is 0 Å². The van der Waals surface area contributed by atoms with Gasteiger partial charge in [0.05, 0.1) is 46.3 Å². The maximum absolute atomic E-state index is 5.56. The first-order valence-electron chi connectivity index (χ1n) is 6.51. The van der Waals surface area contributed by atoms with Crippen LogP contribution in [0, 0.1) is 0 Å². The molecule has 114 valence electrons. The lowest BCUT2D eigenvalue weighted by atomic mass is 10.2. The molecule has 20 heavy (non-hydrogen) atoms. The van der Waals surface area contributed by atoms with E-state index in [-0.39, 0.29) is 6.04 Å². The highest BCUT2D eigenvalue weighted by molar-refractivity contribution is 5.25. The molecular formula is C13H23N3O4. The number of ether oxygens (including phenoxy) is 4. The molecule has 1 aromatic rings. The van der Waals surface area contributed by atoms with E-state index in [1.165, 1.54) is 0 Å². The fraction of sp³-hybridized carbons (Fsp3) is 0.692. The predicted molar refractivity (Wildman–Crippen MR) is 74.2 cm³/mol. The van der Waals surface area contributed by atoms with Gasteiger partial charge >= 0.3 is 0 Å². The van der Waals surface area contributed by atoms with E-state index in [9.17, 15) is 0 Å². The molecule has 0 aliphatic heterocycles. The second-order valence-corrected chi connectivity index (χ2v) is 3.98. The van der Waals surface area contributed by atoms with E-state index in [0.29, 0.717) is 37.3 Å². The van der Waals surface area contributed by atoms with E-state index in [2.05, 4.69) is 15.3 Å². The zero-order valence-electron chi connectivity index (χ0n) is 12.5. The smallest absolute Gasteiger partial charge is 0.240 e. The highest BCUT2D eigenvalue weighted by Gasteiger charge is 2.19. The number of hydrogen-bond acceptors (Lipinski definition) is 7. The van der Waals surface area contributed by atoms with Gasteiger partial charge in [0, 0.05) is 7.11 Å². The zero-order chi connectivity index (χ0) is 14.8. The van der Waals surface area contributed by atoms with Crippen molar-refractivity contribution in [3.63, 3.8) is 0 Å². The van der Waals surface area contributed by atoms with E-state index >= 15 is 0 Å². The topological polar surface area (TPSA) is 74.7 Å². The SMILES string of the molecule is CCNC(COCCOC)c1ncc(OC)nc1OC. The van der Waals surface area contributed by atoms with Gasteiger partial charge in [-0.1, -0.05) is 6.92 Å². The van der Waals surface area contributed by atoms with E-state index in [4.69, 9.17) is 18.9 Å². The molecule has 1 unspecified atom stereocenters. The Bertz CT molecular complexity index is 390. The number of methoxy groups -OCH3 is 3. The maximum atomic E-state index is 5.56. The minimum atomic E-state index is -0.0924. The van der Waals surface area contributed by atoms with Crippen LogP contribution in [-0.4, -0.2) is 57.7 Å². The summed E-state index contributed by atoms with van der Waals surface area (Å²) < 4.78 is 20.8. The summed E-state index contributed by atoms with van der Waals surface area (Å²) in [5.74, 6) is 0.854. The van der Waals surface area contributed by atoms with Gasteiger partial charge in [-0.15, -0.1) is 0 Å². The van der Waals surface area contributed by atoms with E-state index in [1.807, 2.05) is 6.92 Å². The van der Waals surface area contributed by atoms with Gasteiger partial charge in [0.2, 0.25) is 11.8 Å². The molecule has 1 rings (SSSR count). The molecule has 1 aromatic heterocycles. The average molecular weight is 285 g/mol. The van der Waals surface area contributed by atoms with E-state index in [0.717, 1.165) is 6.54 Å². The molecule has 0 aliphatic carbocycles. The molecule has 0 bridgehead atoms. The van der Waals surface area contributed by atoms with Crippen LogP contribution in [0.4, 0.5) is 0 Å². The third kappa shape index (κ3) is 4.92. The van der Waals surface area contributed by atoms with Crippen LogP contribution in [0.3, 0.4) is 0 Å². The number of hydrogen-bond donors (Lipinski definition) is 1. The molecule has 7 nitrogen and oxygen atoms in total. The normalized spacial score (nSPS) is 12.2. The fourth-order valence-electron chi connectivity index (χ4n) is 1.68. The molecule has 0 amide bonds. The van der Waals surface area contributed by atoms with Crippen molar-refractivity contribution < 1.29 is 18.9 Å². The number of likely N-dealkylation sites (N-methyl/N-ethyl adjacent to an activating group) is 1. The molecule has 0 aromatic carbocycles. The monoisotopic (exact) mass is 285 g/mol. The Kier molecular flexibility index (Phi) is 7.86. The summed E-state index contributed by atoms with van der Waals surface area (Å²) in [6.07, 6.45) is 1.57. The van der Waals surface area contributed by atoms with Crippen LogP contribution >= 0.6 is 0 Å². The molecular weight excluding hydrogens is 262 g/mol. The summed E-state index contributed by atoms with van der Waals surface area (Å²) in [6, 6.07) is -0.0924. The average Bonchev–Trinajstić information content (AvgIpc) is 2.49. The summed E-state index contributed by atoms with van der Waals surface area (Å²) in [6.45, 7) is 4.36. The van der Waals surface area contributed by atoms with Gasteiger partial charge < -0.3 is 24.3 Å². The van der Waals surface area contributed by atoms with Crippen molar-refractivity contribution in [2.45, 2.75) is 13.0 Å². The zero-order valence-corrected chi connectivity index (χ0v) is 12.5. The summed E-state index contributed by atoms with van der Waals surface area (Å²) in [5, 5.41) is 3.30. The summed E-state index contributed by atoms with van der Waals surface area (Å²) in [4.78, 5) is 8.58. The van der Waals surface area contributed by atoms with Crippen molar-refractivity contribution in [3.05, 3.63) is 11.9 Å². The first-order chi connectivity index (χ1) is 9.76. The third-order valence-electron chi connectivity index (χ3n) is 2.64. The first kappa shape index (κ1) is 16.6. The Balaban J connectivity index is 2.78. The lowest BCUT2D eigenvalue weighted by molar-refractivity contribution is 0.0577. The number of nitrogens with one attached hydrogen (secondary N) is 1. The van der Waals surface area contributed by atoms with Crippen molar-refractivity contribution in [2.24, 2.45) is 0 Å². The van der Waals surface area contributed by atoms with Gasteiger partial charge in [0.1, 0.15) is 5.69 Å². The third-order valence-corrected chi connectivity index (χ3v) is 2.64. The standard InChI is InChI=1S/C13H23N3O4/c1-5-14-10(9-20-7-6-17-2)12-13(19-4)16-11(18-3)8-15-12/h8,10,14H,5-7,9H2,1-4H3. The van der Waals surface area contributed by atoms with Gasteiger partial charge in [-0.25, -0.2) is 4.98 Å². The van der Waals surface area contributed by atoms with Crippen LogP contribution in [-0.2, 0) is 9.47 Å². The van der Waals surface area contributed by atoms with Gasteiger partial charge in [-0.2, -0.15) is 4.98 Å². The molecule has 0 fully saturated rings. The number of aromatic nitrogens is 2. The quantitative estimate of drug-likeness (QED) is 0.637. The molecule has 0 saturated heterocycles. The minimum absolute atomic E-state index is 0.0924. The van der Waals surface area contributed by atoms with Crippen LogP contribution < -0.4 is 14.8 Å². The summed E-state index contributed by atoms with van der Waals surface area (Å²) in [5.41, 5.74) is 0.701. The molecule has 1 atom stereocenters. The molecule has 0 saturated carbocycles. The Hall–Kier alpha value is -1.44. The Labute approximate surface area is 119 Å². The van der Waals surface area contributed by atoms with Crippen LogP contribution in [0.25, 0.3) is 0 Å². The first-order valence-corrected chi connectivity index (χ1v) is 6.51. The Morgan fingerprint density at radius 3 is 2.60 bits per heavy atom. The maximum Gasteiger partial charge on any atom is 0.240 e. The summed E-state index contributed by atoms with van der Waals surface area (Å²) in [7, 11) is 4.74. The Morgan fingerprint density at radius 1 is 1.20 bits per heavy atom.